The van der Waals surface area contributed by atoms with Crippen LogP contribution in [0.2, 0.25) is 0 Å². The highest BCUT2D eigenvalue weighted by molar-refractivity contribution is 5.95. The molecule has 0 aromatic carbocycles. The summed E-state index contributed by atoms with van der Waals surface area (Å²) in [5.41, 5.74) is 4.52. The number of fused-ring (bicyclic) bond motifs is 2. The summed E-state index contributed by atoms with van der Waals surface area (Å²) in [7, 11) is 3.60. The molecule has 0 saturated heterocycles. The van der Waals surface area contributed by atoms with Crippen LogP contribution in [0, 0.1) is 0 Å². The van der Waals surface area contributed by atoms with Crippen LogP contribution in [0.1, 0.15) is 0 Å². The minimum absolute atomic E-state index is 0.589. The van der Waals surface area contributed by atoms with Crippen LogP contribution in [0.25, 0.3) is 33.3 Å². The molecule has 0 amide bonds. The molecule has 4 aromatic rings. The molecule has 6 nitrogen and oxygen atoms in total. The predicted molar refractivity (Wildman–Crippen MR) is 80.1 cm³/mol. The second-order valence-electron chi connectivity index (χ2n) is 4.86. The first kappa shape index (κ1) is 11.9. The van der Waals surface area contributed by atoms with Gasteiger partial charge in [-0.2, -0.15) is 0 Å². The molecule has 0 aliphatic heterocycles. The third-order valence-corrected chi connectivity index (χ3v) is 3.60. The summed E-state index contributed by atoms with van der Waals surface area (Å²) in [6, 6.07) is 3.84. The smallest absolute Gasteiger partial charge is 0.213 e. The standard InChI is InChI=1S/C15H13N5O/c1-20-8-10(9-5-14(21-2)17-7-13(9)20)12-6-18-15-11(19-12)3-4-16-15/h3-8H,1-2H3,(H,16,18). The third kappa shape index (κ3) is 1.76. The molecule has 0 fully saturated rings. The van der Waals surface area contributed by atoms with Crippen LogP contribution >= 0.6 is 0 Å². The van der Waals surface area contributed by atoms with Crippen LogP contribution in [0.15, 0.2) is 36.9 Å². The van der Waals surface area contributed by atoms with Crippen molar-refractivity contribution in [3.8, 4) is 17.1 Å². The van der Waals surface area contributed by atoms with Crippen LogP contribution in [0.4, 0.5) is 0 Å². The second kappa shape index (κ2) is 4.31. The van der Waals surface area contributed by atoms with E-state index in [0.29, 0.717) is 5.88 Å². The molecule has 0 radical (unpaired) electrons. The molecule has 6 heteroatoms. The number of methoxy groups -OCH3 is 1. The van der Waals surface area contributed by atoms with Gasteiger partial charge >= 0.3 is 0 Å². The minimum atomic E-state index is 0.589. The van der Waals surface area contributed by atoms with Gasteiger partial charge in [-0.05, 0) is 6.07 Å². The third-order valence-electron chi connectivity index (χ3n) is 3.60. The van der Waals surface area contributed by atoms with Gasteiger partial charge in [-0.25, -0.2) is 15.0 Å². The number of nitrogens with zero attached hydrogens (tertiary/aromatic N) is 4. The first-order chi connectivity index (χ1) is 10.3. The lowest BCUT2D eigenvalue weighted by Crippen LogP contribution is -1.89. The average molecular weight is 279 g/mol. The quantitative estimate of drug-likeness (QED) is 0.612. The zero-order chi connectivity index (χ0) is 14.4. The Bertz CT molecular complexity index is 953. The predicted octanol–water partition coefficient (Wildman–Crippen LogP) is 2.52. The molecule has 4 rings (SSSR count). The van der Waals surface area contributed by atoms with Gasteiger partial charge in [-0.1, -0.05) is 0 Å². The van der Waals surface area contributed by atoms with Crippen LogP contribution in [0.3, 0.4) is 0 Å². The number of rotatable bonds is 2. The van der Waals surface area contributed by atoms with Gasteiger partial charge < -0.3 is 14.3 Å². The number of aryl methyl sites for hydroxylation is 1. The van der Waals surface area contributed by atoms with E-state index < -0.39 is 0 Å². The van der Waals surface area contributed by atoms with Crippen molar-refractivity contribution in [1.29, 1.82) is 0 Å². The first-order valence-electron chi connectivity index (χ1n) is 6.56. The highest BCUT2D eigenvalue weighted by Gasteiger charge is 2.12. The van der Waals surface area contributed by atoms with Gasteiger partial charge in [-0.15, -0.1) is 0 Å². The van der Waals surface area contributed by atoms with E-state index in [2.05, 4.69) is 19.9 Å². The summed E-state index contributed by atoms with van der Waals surface area (Å²) in [4.78, 5) is 16.4. The molecule has 21 heavy (non-hydrogen) atoms. The number of ether oxygens (including phenoxy) is 1. The van der Waals surface area contributed by atoms with E-state index in [4.69, 9.17) is 4.74 Å². The largest absolute Gasteiger partial charge is 0.481 e. The van der Waals surface area contributed by atoms with Crippen LogP contribution in [-0.2, 0) is 7.05 Å². The van der Waals surface area contributed by atoms with E-state index in [1.54, 1.807) is 19.5 Å². The number of aromatic amines is 1. The summed E-state index contributed by atoms with van der Waals surface area (Å²) in [6.07, 6.45) is 7.46. The Morgan fingerprint density at radius 3 is 3.00 bits per heavy atom. The zero-order valence-corrected chi connectivity index (χ0v) is 11.7. The van der Waals surface area contributed by atoms with Gasteiger partial charge in [0.25, 0.3) is 0 Å². The van der Waals surface area contributed by atoms with E-state index >= 15 is 0 Å². The van der Waals surface area contributed by atoms with Crippen molar-refractivity contribution in [2.45, 2.75) is 0 Å². The number of H-pyrrole nitrogens is 1. The van der Waals surface area contributed by atoms with Gasteiger partial charge in [-0.3, -0.25) is 0 Å². The Hall–Kier alpha value is -2.89. The molecule has 1 N–H and O–H groups in total. The van der Waals surface area contributed by atoms with Crippen molar-refractivity contribution in [3.05, 3.63) is 36.9 Å². The van der Waals surface area contributed by atoms with Crippen molar-refractivity contribution in [2.75, 3.05) is 7.11 Å². The number of hydrogen-bond acceptors (Lipinski definition) is 4. The summed E-state index contributed by atoms with van der Waals surface area (Å²) in [6.45, 7) is 0. The first-order valence-corrected chi connectivity index (χ1v) is 6.56. The van der Waals surface area contributed by atoms with Crippen molar-refractivity contribution >= 4 is 22.1 Å². The lowest BCUT2D eigenvalue weighted by molar-refractivity contribution is 0.398. The lowest BCUT2D eigenvalue weighted by atomic mass is 10.1. The fourth-order valence-corrected chi connectivity index (χ4v) is 2.53. The topological polar surface area (TPSA) is 68.6 Å². The minimum Gasteiger partial charge on any atom is -0.481 e. The van der Waals surface area contributed by atoms with Gasteiger partial charge in [0.1, 0.15) is 5.52 Å². The van der Waals surface area contributed by atoms with E-state index in [1.807, 2.05) is 36.1 Å². The number of nitrogens with one attached hydrogen (secondary N) is 1. The molecule has 0 aliphatic rings. The summed E-state index contributed by atoms with van der Waals surface area (Å²) < 4.78 is 7.25. The van der Waals surface area contributed by atoms with E-state index in [0.717, 1.165) is 33.3 Å². The molecule has 104 valence electrons. The molecule has 4 heterocycles. The van der Waals surface area contributed by atoms with Gasteiger partial charge in [0.05, 0.1) is 30.7 Å². The fraction of sp³-hybridized carbons (Fsp3) is 0.133. The van der Waals surface area contributed by atoms with Crippen molar-refractivity contribution in [3.63, 3.8) is 0 Å². The monoisotopic (exact) mass is 279 g/mol. The summed E-state index contributed by atoms with van der Waals surface area (Å²) in [5.74, 6) is 0.589. The van der Waals surface area contributed by atoms with Gasteiger partial charge in [0, 0.05) is 36.5 Å². The van der Waals surface area contributed by atoms with Crippen molar-refractivity contribution < 1.29 is 4.74 Å². The molecule has 0 aliphatic carbocycles. The molecule has 0 spiro atoms. The van der Waals surface area contributed by atoms with Crippen molar-refractivity contribution in [2.24, 2.45) is 7.05 Å². The van der Waals surface area contributed by atoms with Crippen LogP contribution in [-0.4, -0.2) is 31.6 Å². The average Bonchev–Trinajstić information content (AvgIpc) is 3.10. The molecular weight excluding hydrogens is 266 g/mol. The van der Waals surface area contributed by atoms with Crippen LogP contribution < -0.4 is 4.74 Å². The van der Waals surface area contributed by atoms with E-state index in [-0.39, 0.29) is 0 Å². The Balaban J connectivity index is 1.99. The number of hydrogen-bond donors (Lipinski definition) is 1. The second-order valence-corrected chi connectivity index (χ2v) is 4.86. The summed E-state index contributed by atoms with van der Waals surface area (Å²) in [5, 5.41) is 1.05. The maximum atomic E-state index is 5.22. The van der Waals surface area contributed by atoms with Crippen molar-refractivity contribution in [1.82, 2.24) is 24.5 Å². The lowest BCUT2D eigenvalue weighted by Gasteiger charge is -2.01. The SMILES string of the molecule is COc1cc2c(-c3cnc4[nH]ccc4n3)cn(C)c2cn1. The molecule has 4 aromatic heterocycles. The van der Waals surface area contributed by atoms with Crippen LogP contribution in [0.5, 0.6) is 5.88 Å². The van der Waals surface area contributed by atoms with Gasteiger partial charge in [0.2, 0.25) is 5.88 Å². The maximum Gasteiger partial charge on any atom is 0.213 e. The van der Waals surface area contributed by atoms with Gasteiger partial charge in [0.15, 0.2) is 5.65 Å². The maximum absolute atomic E-state index is 5.22. The highest BCUT2D eigenvalue weighted by Crippen LogP contribution is 2.30. The number of pyridine rings is 1. The highest BCUT2D eigenvalue weighted by atomic mass is 16.5. The Kier molecular flexibility index (Phi) is 2.44. The molecular formula is C15H13N5O. The molecule has 0 bridgehead atoms. The Labute approximate surface area is 120 Å². The molecule has 0 atom stereocenters. The normalized spacial score (nSPS) is 11.3. The molecule has 0 unspecified atom stereocenters. The number of aromatic nitrogens is 5. The molecule has 0 saturated carbocycles. The fourth-order valence-electron chi connectivity index (χ4n) is 2.53. The zero-order valence-electron chi connectivity index (χ0n) is 11.7. The Morgan fingerprint density at radius 1 is 1.24 bits per heavy atom. The van der Waals surface area contributed by atoms with E-state index in [9.17, 15) is 0 Å². The Morgan fingerprint density at radius 2 is 2.14 bits per heavy atom. The summed E-state index contributed by atoms with van der Waals surface area (Å²) >= 11 is 0. The van der Waals surface area contributed by atoms with E-state index in [1.165, 1.54) is 0 Å².